The van der Waals surface area contributed by atoms with E-state index in [0.717, 1.165) is 43.4 Å². The minimum Gasteiger partial charge on any atom is -0.497 e. The van der Waals surface area contributed by atoms with Crippen LogP contribution in [-0.4, -0.2) is 19.7 Å². The monoisotopic (exact) mass is 356 g/mol. The van der Waals surface area contributed by atoms with Crippen LogP contribution in [0.4, 0.5) is 0 Å². The lowest BCUT2D eigenvalue weighted by Gasteiger charge is -2.10. The first-order valence-electron chi connectivity index (χ1n) is 9.30. The van der Waals surface area contributed by atoms with Gasteiger partial charge in [-0.05, 0) is 68.7 Å². The molecule has 0 fully saturated rings. The number of rotatable bonds is 12. The maximum atomic E-state index is 11.8. The molecule has 0 N–H and O–H groups in total. The predicted molar refractivity (Wildman–Crippen MR) is 109 cm³/mol. The van der Waals surface area contributed by atoms with Crippen molar-refractivity contribution in [2.45, 2.75) is 46.0 Å². The first-order chi connectivity index (χ1) is 12.5. The quantitative estimate of drug-likeness (QED) is 0.263. The summed E-state index contributed by atoms with van der Waals surface area (Å²) >= 11 is 0. The molecule has 0 aliphatic carbocycles. The molecule has 1 unspecified atom stereocenters. The maximum absolute atomic E-state index is 11.8. The van der Waals surface area contributed by atoms with Crippen LogP contribution < -0.4 is 4.74 Å². The highest BCUT2D eigenvalue weighted by Gasteiger charge is 2.04. The summed E-state index contributed by atoms with van der Waals surface area (Å²) in [4.78, 5) is 11.8. The lowest BCUT2D eigenvalue weighted by atomic mass is 10.0. The molecular weight excluding hydrogens is 324 g/mol. The van der Waals surface area contributed by atoms with E-state index < -0.39 is 0 Å². The van der Waals surface area contributed by atoms with Gasteiger partial charge in [-0.3, -0.25) is 0 Å². The Labute approximate surface area is 158 Å². The van der Waals surface area contributed by atoms with Gasteiger partial charge in [-0.2, -0.15) is 0 Å². The Morgan fingerprint density at radius 2 is 1.92 bits per heavy atom. The Morgan fingerprint density at radius 1 is 1.19 bits per heavy atom. The normalized spacial score (nSPS) is 12.8. The van der Waals surface area contributed by atoms with Crippen LogP contribution in [0.15, 0.2) is 54.6 Å². The van der Waals surface area contributed by atoms with E-state index in [2.05, 4.69) is 26.5 Å². The molecule has 0 bridgehead atoms. The molecule has 0 heterocycles. The molecule has 0 spiro atoms. The van der Waals surface area contributed by atoms with E-state index in [1.54, 1.807) is 13.2 Å². The minimum absolute atomic E-state index is 0.298. The molecule has 3 heteroatoms. The lowest BCUT2D eigenvalue weighted by Crippen LogP contribution is -2.06. The first-order valence-corrected chi connectivity index (χ1v) is 9.30. The first kappa shape index (κ1) is 21.8. The fourth-order valence-corrected chi connectivity index (χ4v) is 2.48. The Morgan fingerprint density at radius 3 is 2.58 bits per heavy atom. The van der Waals surface area contributed by atoms with Crippen molar-refractivity contribution in [3.8, 4) is 5.75 Å². The number of carbonyl (C=O) groups is 1. The molecular formula is C23H32O3. The predicted octanol–water partition coefficient (Wildman–Crippen LogP) is 5.97. The minimum atomic E-state index is -0.298. The molecule has 1 aromatic rings. The topological polar surface area (TPSA) is 35.5 Å². The average Bonchev–Trinajstić information content (AvgIpc) is 2.65. The van der Waals surface area contributed by atoms with Crippen molar-refractivity contribution in [3.05, 3.63) is 60.2 Å². The number of methoxy groups -OCH3 is 1. The molecule has 0 saturated heterocycles. The number of hydrogen-bond donors (Lipinski definition) is 0. The third kappa shape index (κ3) is 9.87. The van der Waals surface area contributed by atoms with Crippen molar-refractivity contribution < 1.29 is 14.3 Å². The SMILES string of the molecule is C=CCC/C(C)=C/CCC(C)CCOC(=O)/C=C/c1ccc(OC)cc1. The van der Waals surface area contributed by atoms with Crippen LogP contribution in [0.25, 0.3) is 6.08 Å². The second kappa shape index (κ2) is 13.0. The fraction of sp³-hybridized carbons (Fsp3) is 0.435. The van der Waals surface area contributed by atoms with Crippen LogP contribution in [0.3, 0.4) is 0 Å². The Hall–Kier alpha value is -2.29. The summed E-state index contributed by atoms with van der Waals surface area (Å²) in [6.45, 7) is 8.59. The van der Waals surface area contributed by atoms with Crippen molar-refractivity contribution in [2.24, 2.45) is 5.92 Å². The summed E-state index contributed by atoms with van der Waals surface area (Å²) < 4.78 is 10.4. The van der Waals surface area contributed by atoms with Gasteiger partial charge in [0.25, 0.3) is 0 Å². The second-order valence-corrected chi connectivity index (χ2v) is 6.62. The highest BCUT2D eigenvalue weighted by molar-refractivity contribution is 5.87. The molecule has 1 aromatic carbocycles. The van der Waals surface area contributed by atoms with Gasteiger partial charge in [-0.1, -0.05) is 36.8 Å². The summed E-state index contributed by atoms with van der Waals surface area (Å²) in [7, 11) is 1.63. The second-order valence-electron chi connectivity index (χ2n) is 6.62. The standard InChI is InChI=1S/C23H32O3/c1-5-6-8-19(2)9-7-10-20(3)17-18-26-23(24)16-13-21-11-14-22(25-4)15-12-21/h5,9,11-16,20H,1,6-8,10,17-18H2,2-4H3/b16-13+,19-9+. The molecule has 26 heavy (non-hydrogen) atoms. The summed E-state index contributed by atoms with van der Waals surface area (Å²) in [6, 6.07) is 7.52. The van der Waals surface area contributed by atoms with Crippen molar-refractivity contribution in [2.75, 3.05) is 13.7 Å². The molecule has 1 atom stereocenters. The smallest absolute Gasteiger partial charge is 0.330 e. The summed E-state index contributed by atoms with van der Waals surface area (Å²) in [5, 5.41) is 0. The number of hydrogen-bond acceptors (Lipinski definition) is 3. The van der Waals surface area contributed by atoms with Crippen molar-refractivity contribution in [1.82, 2.24) is 0 Å². The fourth-order valence-electron chi connectivity index (χ4n) is 2.48. The van der Waals surface area contributed by atoms with E-state index in [4.69, 9.17) is 9.47 Å². The van der Waals surface area contributed by atoms with Crippen LogP contribution in [-0.2, 0) is 9.53 Å². The van der Waals surface area contributed by atoms with Gasteiger partial charge in [-0.15, -0.1) is 6.58 Å². The zero-order chi connectivity index (χ0) is 19.2. The van der Waals surface area contributed by atoms with Gasteiger partial charge in [-0.25, -0.2) is 4.79 Å². The Balaban J connectivity index is 2.21. The summed E-state index contributed by atoms with van der Waals surface area (Å²) in [6.07, 6.45) is 12.7. The van der Waals surface area contributed by atoms with Gasteiger partial charge in [0.1, 0.15) is 5.75 Å². The zero-order valence-corrected chi connectivity index (χ0v) is 16.4. The van der Waals surface area contributed by atoms with Crippen molar-refractivity contribution in [1.29, 1.82) is 0 Å². The molecule has 0 aromatic heterocycles. The van der Waals surface area contributed by atoms with Crippen LogP contribution >= 0.6 is 0 Å². The molecule has 3 nitrogen and oxygen atoms in total. The molecule has 0 radical (unpaired) electrons. The molecule has 0 aliphatic rings. The van der Waals surface area contributed by atoms with Gasteiger partial charge in [0, 0.05) is 6.08 Å². The number of carbonyl (C=O) groups excluding carboxylic acids is 1. The third-order valence-electron chi connectivity index (χ3n) is 4.28. The van der Waals surface area contributed by atoms with Crippen molar-refractivity contribution in [3.63, 3.8) is 0 Å². The van der Waals surface area contributed by atoms with Gasteiger partial charge in [0.05, 0.1) is 13.7 Å². The zero-order valence-electron chi connectivity index (χ0n) is 16.4. The summed E-state index contributed by atoms with van der Waals surface area (Å²) in [5.41, 5.74) is 2.36. The van der Waals surface area contributed by atoms with E-state index >= 15 is 0 Å². The lowest BCUT2D eigenvalue weighted by molar-refractivity contribution is -0.138. The van der Waals surface area contributed by atoms with Gasteiger partial charge < -0.3 is 9.47 Å². The molecule has 0 aliphatic heterocycles. The highest BCUT2D eigenvalue weighted by Crippen LogP contribution is 2.14. The van der Waals surface area contributed by atoms with E-state index in [1.165, 1.54) is 11.6 Å². The number of ether oxygens (including phenoxy) is 2. The number of esters is 1. The van der Waals surface area contributed by atoms with Crippen LogP contribution in [0.2, 0.25) is 0 Å². The number of benzene rings is 1. The molecule has 142 valence electrons. The third-order valence-corrected chi connectivity index (χ3v) is 4.28. The van der Waals surface area contributed by atoms with Gasteiger partial charge in [0.15, 0.2) is 0 Å². The molecule has 1 rings (SSSR count). The molecule has 0 amide bonds. The van der Waals surface area contributed by atoms with Crippen LogP contribution in [0.5, 0.6) is 5.75 Å². The van der Waals surface area contributed by atoms with Gasteiger partial charge >= 0.3 is 5.97 Å². The van der Waals surface area contributed by atoms with E-state index in [0.29, 0.717) is 12.5 Å². The Bertz CT molecular complexity index is 596. The van der Waals surface area contributed by atoms with E-state index in [9.17, 15) is 4.79 Å². The van der Waals surface area contributed by atoms with E-state index in [-0.39, 0.29) is 5.97 Å². The van der Waals surface area contributed by atoms with Crippen LogP contribution in [0, 0.1) is 5.92 Å². The molecule has 0 saturated carbocycles. The largest absolute Gasteiger partial charge is 0.497 e. The number of allylic oxidation sites excluding steroid dienone is 3. The van der Waals surface area contributed by atoms with E-state index in [1.807, 2.05) is 30.3 Å². The van der Waals surface area contributed by atoms with Crippen LogP contribution in [0.1, 0.15) is 51.5 Å². The maximum Gasteiger partial charge on any atom is 0.330 e. The highest BCUT2D eigenvalue weighted by atomic mass is 16.5. The Kier molecular flexibility index (Phi) is 10.9. The summed E-state index contributed by atoms with van der Waals surface area (Å²) in [5.74, 6) is 1.04. The average molecular weight is 357 g/mol. The van der Waals surface area contributed by atoms with Gasteiger partial charge in [0.2, 0.25) is 0 Å². The van der Waals surface area contributed by atoms with Crippen molar-refractivity contribution >= 4 is 12.0 Å².